The second-order valence-corrected chi connectivity index (χ2v) is 5.63. The van der Waals surface area contributed by atoms with Crippen molar-refractivity contribution in [2.24, 2.45) is 0 Å². The van der Waals surface area contributed by atoms with E-state index in [2.05, 4.69) is 16.1 Å². The fraction of sp³-hybridized carbons (Fsp3) is 0.500. The maximum atomic E-state index is 12.2. The van der Waals surface area contributed by atoms with Crippen LogP contribution in [0.1, 0.15) is 31.2 Å². The normalized spacial score (nSPS) is 25.4. The van der Waals surface area contributed by atoms with Crippen molar-refractivity contribution in [3.8, 4) is 5.75 Å². The third-order valence-corrected chi connectivity index (χ3v) is 4.02. The van der Waals surface area contributed by atoms with Crippen molar-refractivity contribution >= 4 is 0 Å². The number of halogens is 2. The molecule has 1 aromatic rings. The molecule has 2 bridgehead atoms. The predicted octanol–water partition coefficient (Wildman–Crippen LogP) is 3.67. The predicted molar refractivity (Wildman–Crippen MR) is 74.0 cm³/mol. The van der Waals surface area contributed by atoms with Crippen LogP contribution >= 0.6 is 0 Å². The highest BCUT2D eigenvalue weighted by Crippen LogP contribution is 2.28. The summed E-state index contributed by atoms with van der Waals surface area (Å²) in [6, 6.07) is 8.12. The monoisotopic (exact) mass is 279 g/mol. The molecule has 1 fully saturated rings. The quantitative estimate of drug-likeness (QED) is 0.849. The first-order valence-corrected chi connectivity index (χ1v) is 7.18. The Morgan fingerprint density at radius 3 is 3.00 bits per heavy atom. The molecule has 0 saturated carbocycles. The van der Waals surface area contributed by atoms with E-state index in [1.165, 1.54) is 24.8 Å². The van der Waals surface area contributed by atoms with Gasteiger partial charge in [0.25, 0.3) is 0 Å². The highest BCUT2D eigenvalue weighted by molar-refractivity contribution is 5.32. The van der Waals surface area contributed by atoms with E-state index in [0.717, 1.165) is 18.4 Å². The smallest absolute Gasteiger partial charge is 0.387 e. The first kappa shape index (κ1) is 13.6. The highest BCUT2D eigenvalue weighted by atomic mass is 19.3. The molecule has 2 nitrogen and oxygen atoms in total. The molecule has 2 heterocycles. The Kier molecular flexibility index (Phi) is 4.01. The van der Waals surface area contributed by atoms with Crippen LogP contribution in [0.15, 0.2) is 35.9 Å². The Labute approximate surface area is 117 Å². The lowest BCUT2D eigenvalue weighted by molar-refractivity contribution is -0.0498. The SMILES string of the molecule is FC(F)Oc1cccc(CC2=CC3CCCC(C2)N3)c1. The topological polar surface area (TPSA) is 21.3 Å². The van der Waals surface area contributed by atoms with Crippen LogP contribution in [-0.4, -0.2) is 18.7 Å². The van der Waals surface area contributed by atoms with Gasteiger partial charge in [-0.1, -0.05) is 30.2 Å². The zero-order chi connectivity index (χ0) is 13.9. The summed E-state index contributed by atoms with van der Waals surface area (Å²) in [5.74, 6) is 0.243. The van der Waals surface area contributed by atoms with Crippen LogP contribution in [0.5, 0.6) is 5.75 Å². The molecule has 2 aliphatic rings. The summed E-state index contributed by atoms with van der Waals surface area (Å²) in [7, 11) is 0. The molecule has 0 radical (unpaired) electrons. The molecular weight excluding hydrogens is 260 g/mol. The molecule has 1 aromatic carbocycles. The van der Waals surface area contributed by atoms with E-state index in [1.54, 1.807) is 18.2 Å². The molecule has 2 atom stereocenters. The van der Waals surface area contributed by atoms with Crippen molar-refractivity contribution in [3.63, 3.8) is 0 Å². The number of hydrogen-bond acceptors (Lipinski definition) is 2. The van der Waals surface area contributed by atoms with E-state index in [1.807, 2.05) is 6.07 Å². The number of benzene rings is 1. The van der Waals surface area contributed by atoms with Gasteiger partial charge >= 0.3 is 6.61 Å². The van der Waals surface area contributed by atoms with E-state index in [9.17, 15) is 8.78 Å². The van der Waals surface area contributed by atoms with Gasteiger partial charge in [0.05, 0.1) is 0 Å². The third-order valence-electron chi connectivity index (χ3n) is 4.02. The lowest BCUT2D eigenvalue weighted by Crippen LogP contribution is -2.44. The Bertz CT molecular complexity index is 501. The van der Waals surface area contributed by atoms with E-state index in [-0.39, 0.29) is 5.75 Å². The van der Waals surface area contributed by atoms with Gasteiger partial charge in [0.1, 0.15) is 5.75 Å². The van der Waals surface area contributed by atoms with Crippen LogP contribution < -0.4 is 10.1 Å². The molecule has 0 amide bonds. The minimum Gasteiger partial charge on any atom is -0.435 e. The third kappa shape index (κ3) is 3.37. The molecule has 0 aromatic heterocycles. The number of nitrogens with one attached hydrogen (secondary N) is 1. The summed E-state index contributed by atoms with van der Waals surface area (Å²) in [5.41, 5.74) is 2.45. The lowest BCUT2D eigenvalue weighted by atomic mass is 9.85. The van der Waals surface area contributed by atoms with Gasteiger partial charge in [-0.05, 0) is 43.4 Å². The second kappa shape index (κ2) is 5.92. The van der Waals surface area contributed by atoms with Gasteiger partial charge < -0.3 is 10.1 Å². The second-order valence-electron chi connectivity index (χ2n) is 5.63. The zero-order valence-electron chi connectivity index (χ0n) is 11.3. The van der Waals surface area contributed by atoms with E-state index < -0.39 is 6.61 Å². The fourth-order valence-corrected chi connectivity index (χ4v) is 3.24. The standard InChI is InChI=1S/C16H19F2NO/c17-16(18)20-15-6-1-3-11(10-15)7-12-8-13-4-2-5-14(9-12)19-13/h1,3,6,8,10,13-14,16,19H,2,4-5,7,9H2. The average Bonchev–Trinajstić information content (AvgIpc) is 2.37. The summed E-state index contributed by atoms with van der Waals surface area (Å²) in [6.45, 7) is -2.76. The van der Waals surface area contributed by atoms with E-state index >= 15 is 0 Å². The first-order valence-electron chi connectivity index (χ1n) is 7.18. The van der Waals surface area contributed by atoms with E-state index in [4.69, 9.17) is 0 Å². The minimum atomic E-state index is -2.76. The minimum absolute atomic E-state index is 0.243. The molecule has 20 heavy (non-hydrogen) atoms. The number of piperidine rings is 1. The van der Waals surface area contributed by atoms with Gasteiger partial charge in [0.15, 0.2) is 0 Å². The number of fused-ring (bicyclic) bond motifs is 2. The lowest BCUT2D eigenvalue weighted by Gasteiger charge is -2.35. The van der Waals surface area contributed by atoms with Crippen molar-refractivity contribution in [2.75, 3.05) is 0 Å². The van der Waals surface area contributed by atoms with Crippen LogP contribution in [0.4, 0.5) is 8.78 Å². The average molecular weight is 279 g/mol. The van der Waals surface area contributed by atoms with Crippen LogP contribution in [-0.2, 0) is 6.42 Å². The van der Waals surface area contributed by atoms with Gasteiger partial charge in [-0.2, -0.15) is 8.78 Å². The molecule has 1 saturated heterocycles. The zero-order valence-corrected chi connectivity index (χ0v) is 11.3. The van der Waals surface area contributed by atoms with Gasteiger partial charge in [0, 0.05) is 12.1 Å². The summed E-state index contributed by atoms with van der Waals surface area (Å²) < 4.78 is 28.9. The largest absolute Gasteiger partial charge is 0.435 e. The summed E-state index contributed by atoms with van der Waals surface area (Å²) in [4.78, 5) is 0. The maximum absolute atomic E-state index is 12.2. The highest BCUT2D eigenvalue weighted by Gasteiger charge is 2.25. The maximum Gasteiger partial charge on any atom is 0.387 e. The van der Waals surface area contributed by atoms with Gasteiger partial charge in [0.2, 0.25) is 0 Å². The molecule has 0 aliphatic carbocycles. The fourth-order valence-electron chi connectivity index (χ4n) is 3.24. The number of rotatable bonds is 4. The Morgan fingerprint density at radius 2 is 2.20 bits per heavy atom. The molecule has 108 valence electrons. The van der Waals surface area contributed by atoms with E-state index in [0.29, 0.717) is 12.1 Å². The molecule has 2 unspecified atom stereocenters. The van der Waals surface area contributed by atoms with Crippen molar-refractivity contribution in [1.29, 1.82) is 0 Å². The van der Waals surface area contributed by atoms with Crippen LogP contribution in [0, 0.1) is 0 Å². The van der Waals surface area contributed by atoms with Crippen LogP contribution in [0.25, 0.3) is 0 Å². The molecule has 1 N–H and O–H groups in total. The van der Waals surface area contributed by atoms with Gasteiger partial charge in [-0.15, -0.1) is 0 Å². The Balaban J connectivity index is 1.69. The number of hydrogen-bond donors (Lipinski definition) is 1. The van der Waals surface area contributed by atoms with Crippen molar-refractivity contribution in [2.45, 2.75) is 50.8 Å². The van der Waals surface area contributed by atoms with Gasteiger partial charge in [-0.25, -0.2) is 0 Å². The number of ether oxygens (including phenoxy) is 1. The molecule has 4 heteroatoms. The first-order chi connectivity index (χ1) is 9.69. The molecule has 3 rings (SSSR count). The summed E-state index contributed by atoms with van der Waals surface area (Å²) >= 11 is 0. The van der Waals surface area contributed by atoms with Crippen LogP contribution in [0.3, 0.4) is 0 Å². The van der Waals surface area contributed by atoms with Crippen molar-refractivity contribution in [3.05, 3.63) is 41.5 Å². The van der Waals surface area contributed by atoms with Crippen molar-refractivity contribution < 1.29 is 13.5 Å². The summed E-state index contributed by atoms with van der Waals surface area (Å²) in [6.07, 6.45) is 7.95. The van der Waals surface area contributed by atoms with Gasteiger partial charge in [-0.3, -0.25) is 0 Å². The molecule has 2 aliphatic heterocycles. The summed E-state index contributed by atoms with van der Waals surface area (Å²) in [5, 5.41) is 3.61. The molecule has 0 spiro atoms. The van der Waals surface area contributed by atoms with Crippen molar-refractivity contribution in [1.82, 2.24) is 5.32 Å². The Hall–Kier alpha value is -1.42. The Morgan fingerprint density at radius 1 is 1.30 bits per heavy atom. The van der Waals surface area contributed by atoms with Crippen LogP contribution in [0.2, 0.25) is 0 Å². The molecular formula is C16H19F2NO. The number of alkyl halides is 2.